The Morgan fingerprint density at radius 1 is 0.852 bits per heavy atom. The second-order valence-electron chi connectivity index (χ2n) is 6.90. The van der Waals surface area contributed by atoms with Gasteiger partial charge in [-0.25, -0.2) is 4.98 Å². The molecule has 0 atom stereocenters. The molecule has 6 heteroatoms. The lowest BCUT2D eigenvalue weighted by Crippen LogP contribution is -2.47. The fourth-order valence-corrected chi connectivity index (χ4v) is 3.57. The number of hydrogen-bond acceptors (Lipinski definition) is 6. The van der Waals surface area contributed by atoms with E-state index in [1.807, 2.05) is 38.4 Å². The van der Waals surface area contributed by atoms with E-state index in [9.17, 15) is 0 Å². The van der Waals surface area contributed by atoms with Crippen LogP contribution in [0.3, 0.4) is 0 Å². The lowest BCUT2D eigenvalue weighted by Gasteiger charge is -2.36. The van der Waals surface area contributed by atoms with Gasteiger partial charge in [0, 0.05) is 45.7 Å². The summed E-state index contributed by atoms with van der Waals surface area (Å²) in [4.78, 5) is 16.4. The van der Waals surface area contributed by atoms with Gasteiger partial charge in [-0.05, 0) is 24.3 Å². The van der Waals surface area contributed by atoms with Crippen molar-refractivity contribution >= 4 is 28.4 Å². The molecular weight excluding hydrogens is 338 g/mol. The number of ether oxygens (including phenoxy) is 1. The smallest absolute Gasteiger partial charge is 0.228 e. The normalized spacial score (nSPS) is 14.5. The second kappa shape index (κ2) is 7.31. The van der Waals surface area contributed by atoms with Gasteiger partial charge in [0.05, 0.1) is 18.3 Å². The molecule has 2 heterocycles. The number of para-hydroxylation sites is 3. The molecule has 27 heavy (non-hydrogen) atoms. The Hall–Kier alpha value is -3.02. The second-order valence-corrected chi connectivity index (χ2v) is 6.90. The van der Waals surface area contributed by atoms with Crippen LogP contribution < -0.4 is 19.4 Å². The zero-order valence-corrected chi connectivity index (χ0v) is 16.1. The maximum Gasteiger partial charge on any atom is 0.228 e. The summed E-state index contributed by atoms with van der Waals surface area (Å²) in [5.74, 6) is 2.68. The quantitative estimate of drug-likeness (QED) is 0.710. The van der Waals surface area contributed by atoms with Crippen molar-refractivity contribution in [2.24, 2.45) is 0 Å². The number of methoxy groups -OCH3 is 1. The molecule has 6 nitrogen and oxygen atoms in total. The molecule has 0 radical (unpaired) electrons. The molecule has 1 fully saturated rings. The van der Waals surface area contributed by atoms with Crippen molar-refractivity contribution in [3.8, 4) is 5.75 Å². The van der Waals surface area contributed by atoms with Crippen LogP contribution in [0.5, 0.6) is 5.75 Å². The lowest BCUT2D eigenvalue weighted by atomic mass is 10.2. The lowest BCUT2D eigenvalue weighted by molar-refractivity contribution is 0.413. The van der Waals surface area contributed by atoms with E-state index in [-0.39, 0.29) is 0 Å². The molecule has 1 aromatic heterocycles. The molecule has 0 N–H and O–H groups in total. The topological polar surface area (TPSA) is 44.7 Å². The van der Waals surface area contributed by atoms with Crippen molar-refractivity contribution in [2.45, 2.75) is 0 Å². The van der Waals surface area contributed by atoms with E-state index in [0.717, 1.165) is 60.3 Å². The Morgan fingerprint density at radius 2 is 1.52 bits per heavy atom. The van der Waals surface area contributed by atoms with Crippen molar-refractivity contribution < 1.29 is 4.74 Å². The van der Waals surface area contributed by atoms with Gasteiger partial charge in [0.2, 0.25) is 5.95 Å². The zero-order valence-electron chi connectivity index (χ0n) is 16.1. The van der Waals surface area contributed by atoms with E-state index in [1.54, 1.807) is 7.11 Å². The van der Waals surface area contributed by atoms with Gasteiger partial charge in [-0.15, -0.1) is 0 Å². The van der Waals surface area contributed by atoms with Crippen LogP contribution in [0.2, 0.25) is 0 Å². The molecule has 1 saturated heterocycles. The summed E-state index contributed by atoms with van der Waals surface area (Å²) in [6, 6.07) is 16.4. The molecule has 0 aliphatic carbocycles. The summed E-state index contributed by atoms with van der Waals surface area (Å²) < 4.78 is 5.51. The van der Waals surface area contributed by atoms with Gasteiger partial charge in [0.25, 0.3) is 0 Å². The molecule has 1 aliphatic rings. The third-order valence-electron chi connectivity index (χ3n) is 4.98. The molecular formula is C21H25N5O. The van der Waals surface area contributed by atoms with Crippen LogP contribution in [-0.2, 0) is 0 Å². The molecule has 0 spiro atoms. The number of piperazine rings is 1. The molecule has 0 amide bonds. The summed E-state index contributed by atoms with van der Waals surface area (Å²) in [7, 11) is 5.77. The van der Waals surface area contributed by atoms with E-state index < -0.39 is 0 Å². The summed E-state index contributed by atoms with van der Waals surface area (Å²) in [6.45, 7) is 3.58. The van der Waals surface area contributed by atoms with Crippen LogP contribution >= 0.6 is 0 Å². The average Bonchev–Trinajstić information content (AvgIpc) is 2.73. The predicted octanol–water partition coefficient (Wildman–Crippen LogP) is 3.03. The largest absolute Gasteiger partial charge is 0.495 e. The maximum atomic E-state index is 5.51. The highest BCUT2D eigenvalue weighted by Gasteiger charge is 2.22. The highest BCUT2D eigenvalue weighted by molar-refractivity contribution is 5.90. The van der Waals surface area contributed by atoms with E-state index in [0.29, 0.717) is 0 Å². The summed E-state index contributed by atoms with van der Waals surface area (Å²) in [5.41, 5.74) is 2.13. The Labute approximate surface area is 160 Å². The number of fused-ring (bicyclic) bond motifs is 1. The Bertz CT molecular complexity index is 935. The molecule has 0 bridgehead atoms. The molecule has 3 aromatic rings. The summed E-state index contributed by atoms with van der Waals surface area (Å²) in [5, 5.41) is 1.08. The molecule has 2 aromatic carbocycles. The predicted molar refractivity (Wildman–Crippen MR) is 111 cm³/mol. The first kappa shape index (κ1) is 17.4. The summed E-state index contributed by atoms with van der Waals surface area (Å²) in [6.07, 6.45) is 0. The van der Waals surface area contributed by atoms with Crippen LogP contribution in [0.15, 0.2) is 48.5 Å². The maximum absolute atomic E-state index is 5.51. The zero-order chi connectivity index (χ0) is 18.8. The van der Waals surface area contributed by atoms with Crippen molar-refractivity contribution in [1.29, 1.82) is 0 Å². The van der Waals surface area contributed by atoms with E-state index in [2.05, 4.69) is 39.0 Å². The molecule has 4 rings (SSSR count). The van der Waals surface area contributed by atoms with Crippen LogP contribution in [-0.4, -0.2) is 57.4 Å². The number of benzene rings is 2. The fourth-order valence-electron chi connectivity index (χ4n) is 3.57. The van der Waals surface area contributed by atoms with Crippen LogP contribution in [0.4, 0.5) is 17.5 Å². The third kappa shape index (κ3) is 3.35. The van der Waals surface area contributed by atoms with E-state index >= 15 is 0 Å². The highest BCUT2D eigenvalue weighted by atomic mass is 16.5. The fraction of sp³-hybridized carbons (Fsp3) is 0.333. The van der Waals surface area contributed by atoms with Gasteiger partial charge in [-0.1, -0.05) is 24.3 Å². The minimum atomic E-state index is 0.803. The summed E-state index contributed by atoms with van der Waals surface area (Å²) >= 11 is 0. The Kier molecular flexibility index (Phi) is 4.71. The van der Waals surface area contributed by atoms with Crippen molar-refractivity contribution in [1.82, 2.24) is 9.97 Å². The number of aromatic nitrogens is 2. The van der Waals surface area contributed by atoms with Gasteiger partial charge < -0.3 is 19.4 Å². The van der Waals surface area contributed by atoms with Crippen LogP contribution in [0, 0.1) is 0 Å². The minimum Gasteiger partial charge on any atom is -0.495 e. The monoisotopic (exact) mass is 363 g/mol. The molecule has 1 aliphatic heterocycles. The first-order chi connectivity index (χ1) is 13.2. The van der Waals surface area contributed by atoms with Crippen LogP contribution in [0.25, 0.3) is 10.9 Å². The van der Waals surface area contributed by atoms with Gasteiger partial charge in [0.1, 0.15) is 11.6 Å². The Morgan fingerprint density at radius 3 is 2.26 bits per heavy atom. The Balaban J connectivity index is 1.58. The molecule has 0 unspecified atom stereocenters. The van der Waals surface area contributed by atoms with Crippen molar-refractivity contribution in [3.63, 3.8) is 0 Å². The number of anilines is 3. The van der Waals surface area contributed by atoms with Crippen molar-refractivity contribution in [3.05, 3.63) is 48.5 Å². The first-order valence-corrected chi connectivity index (χ1v) is 9.24. The number of nitrogens with zero attached hydrogens (tertiary/aromatic N) is 5. The van der Waals surface area contributed by atoms with Crippen molar-refractivity contribution in [2.75, 3.05) is 62.1 Å². The minimum absolute atomic E-state index is 0.803. The first-order valence-electron chi connectivity index (χ1n) is 9.24. The van der Waals surface area contributed by atoms with E-state index in [1.165, 1.54) is 0 Å². The number of rotatable bonds is 4. The van der Waals surface area contributed by atoms with Gasteiger partial charge in [-0.3, -0.25) is 0 Å². The van der Waals surface area contributed by atoms with E-state index in [4.69, 9.17) is 14.7 Å². The molecule has 0 saturated carbocycles. The van der Waals surface area contributed by atoms with Gasteiger partial charge >= 0.3 is 0 Å². The standard InChI is InChI=1S/C21H25N5O/c1-24(2)20-16-8-4-5-9-17(16)22-21(23-20)26-14-12-25(13-15-26)18-10-6-7-11-19(18)27-3/h4-11H,12-15H2,1-3H3. The van der Waals surface area contributed by atoms with Gasteiger partial charge in [-0.2, -0.15) is 4.98 Å². The number of hydrogen-bond donors (Lipinski definition) is 0. The van der Waals surface area contributed by atoms with Gasteiger partial charge in [0.15, 0.2) is 0 Å². The average molecular weight is 363 g/mol. The van der Waals surface area contributed by atoms with Crippen LogP contribution in [0.1, 0.15) is 0 Å². The highest BCUT2D eigenvalue weighted by Crippen LogP contribution is 2.30. The molecule has 140 valence electrons. The third-order valence-corrected chi connectivity index (χ3v) is 4.98. The SMILES string of the molecule is COc1ccccc1N1CCN(c2nc(N(C)C)c3ccccc3n2)CC1.